The van der Waals surface area contributed by atoms with Crippen molar-refractivity contribution in [2.75, 3.05) is 11.3 Å². The number of rotatable bonds is 6. The molecule has 26 heavy (non-hydrogen) atoms. The molecule has 0 saturated carbocycles. The summed E-state index contributed by atoms with van der Waals surface area (Å²) in [6.45, 7) is 2.82. The van der Waals surface area contributed by atoms with Crippen LogP contribution in [0.2, 0.25) is 0 Å². The molecule has 0 fully saturated rings. The van der Waals surface area contributed by atoms with E-state index in [0.29, 0.717) is 10.5 Å². The Morgan fingerprint density at radius 1 is 1.23 bits per heavy atom. The van der Waals surface area contributed by atoms with Gasteiger partial charge in [0.1, 0.15) is 4.21 Å². The van der Waals surface area contributed by atoms with Crippen LogP contribution in [0.3, 0.4) is 0 Å². The number of hydrogen-bond acceptors (Lipinski definition) is 4. The Hall–Kier alpha value is -2.07. The maximum atomic E-state index is 12.6. The Bertz CT molecular complexity index is 892. The molecule has 142 valence electrons. The number of halogens is 3. The molecule has 0 radical (unpaired) electrons. The summed E-state index contributed by atoms with van der Waals surface area (Å²) in [6, 6.07) is 9.09. The number of thiophene rings is 1. The topological polar surface area (TPSA) is 66.5 Å². The highest BCUT2D eigenvalue weighted by atomic mass is 32.2. The summed E-state index contributed by atoms with van der Waals surface area (Å²) in [6.07, 6.45) is -4.95. The molecule has 5 nitrogen and oxygen atoms in total. The van der Waals surface area contributed by atoms with E-state index in [4.69, 9.17) is 0 Å². The zero-order valence-corrected chi connectivity index (χ0v) is 15.6. The Morgan fingerprint density at radius 2 is 1.92 bits per heavy atom. The van der Waals surface area contributed by atoms with Gasteiger partial charge in [-0.2, -0.15) is 13.2 Å². The fourth-order valence-electron chi connectivity index (χ4n) is 2.22. The van der Waals surface area contributed by atoms with Crippen LogP contribution in [0.5, 0.6) is 0 Å². The van der Waals surface area contributed by atoms with E-state index in [0.717, 1.165) is 16.2 Å². The molecule has 0 saturated heterocycles. The van der Waals surface area contributed by atoms with Gasteiger partial charge in [-0.05, 0) is 43.7 Å². The van der Waals surface area contributed by atoms with Crippen molar-refractivity contribution in [2.45, 2.75) is 30.8 Å². The lowest BCUT2D eigenvalue weighted by Gasteiger charge is -2.22. The fraction of sp³-hybridized carbons (Fsp3) is 0.312. The van der Waals surface area contributed by atoms with Crippen LogP contribution in [-0.2, 0) is 21.4 Å². The maximum Gasteiger partial charge on any atom is 0.471 e. The van der Waals surface area contributed by atoms with Crippen LogP contribution in [0, 0.1) is 6.92 Å². The van der Waals surface area contributed by atoms with E-state index in [-0.39, 0.29) is 23.0 Å². The SMILES string of the molecule is CCN(Cc1cccc(NS(=O)(=O)c2ccc(C)s2)c1)C(=O)C(F)(F)F. The number of aryl methyl sites for hydroxylation is 1. The number of benzene rings is 1. The molecule has 1 amide bonds. The Kier molecular flexibility index (Phi) is 5.97. The first-order valence-electron chi connectivity index (χ1n) is 7.57. The number of anilines is 1. The maximum absolute atomic E-state index is 12.6. The van der Waals surface area contributed by atoms with Gasteiger partial charge in [0.05, 0.1) is 0 Å². The molecule has 2 aromatic rings. The minimum atomic E-state index is -4.95. The second kappa shape index (κ2) is 7.67. The van der Waals surface area contributed by atoms with Gasteiger partial charge in [0, 0.05) is 23.7 Å². The van der Waals surface area contributed by atoms with Crippen LogP contribution in [0.15, 0.2) is 40.6 Å². The summed E-state index contributed by atoms with van der Waals surface area (Å²) in [4.78, 5) is 12.9. The summed E-state index contributed by atoms with van der Waals surface area (Å²) in [5.74, 6) is -1.93. The second-order valence-electron chi connectivity index (χ2n) is 5.49. The van der Waals surface area contributed by atoms with Crippen LogP contribution in [0.4, 0.5) is 18.9 Å². The van der Waals surface area contributed by atoms with Crippen molar-refractivity contribution in [1.29, 1.82) is 0 Å². The predicted octanol–water partition coefficient (Wildman–Crippen LogP) is 3.77. The molecule has 0 bridgehead atoms. The fourth-order valence-corrected chi connectivity index (χ4v) is 4.55. The van der Waals surface area contributed by atoms with Crippen molar-refractivity contribution in [1.82, 2.24) is 4.90 Å². The molecule has 0 unspecified atom stereocenters. The van der Waals surface area contributed by atoms with Crippen molar-refractivity contribution in [3.05, 3.63) is 46.8 Å². The van der Waals surface area contributed by atoms with E-state index in [1.54, 1.807) is 13.0 Å². The summed E-state index contributed by atoms with van der Waals surface area (Å²) in [5.41, 5.74) is 0.594. The number of nitrogens with zero attached hydrogens (tertiary/aromatic N) is 1. The molecule has 0 atom stereocenters. The molecule has 1 aromatic carbocycles. The summed E-state index contributed by atoms with van der Waals surface area (Å²) >= 11 is 1.11. The van der Waals surface area contributed by atoms with Crippen LogP contribution in [0.25, 0.3) is 0 Å². The number of carbonyl (C=O) groups is 1. The lowest BCUT2D eigenvalue weighted by atomic mass is 10.2. The number of nitrogens with one attached hydrogen (secondary N) is 1. The van der Waals surface area contributed by atoms with E-state index in [1.165, 1.54) is 37.3 Å². The van der Waals surface area contributed by atoms with Gasteiger partial charge in [0.2, 0.25) is 0 Å². The van der Waals surface area contributed by atoms with Crippen LogP contribution >= 0.6 is 11.3 Å². The molecular formula is C16H17F3N2O3S2. The molecule has 1 aromatic heterocycles. The zero-order valence-electron chi connectivity index (χ0n) is 14.0. The van der Waals surface area contributed by atoms with Crippen molar-refractivity contribution in [3.8, 4) is 0 Å². The van der Waals surface area contributed by atoms with Crippen LogP contribution < -0.4 is 4.72 Å². The minimum absolute atomic E-state index is 0.122. The van der Waals surface area contributed by atoms with Crippen molar-refractivity contribution in [3.63, 3.8) is 0 Å². The molecule has 0 aliphatic carbocycles. The summed E-state index contributed by atoms with van der Waals surface area (Å²) < 4.78 is 65.0. The Balaban J connectivity index is 2.18. The number of hydrogen-bond donors (Lipinski definition) is 1. The monoisotopic (exact) mass is 406 g/mol. The molecule has 1 N–H and O–H groups in total. The highest BCUT2D eigenvalue weighted by Crippen LogP contribution is 2.25. The summed E-state index contributed by atoms with van der Waals surface area (Å²) in [7, 11) is -3.77. The van der Waals surface area contributed by atoms with Gasteiger partial charge in [-0.25, -0.2) is 8.42 Å². The number of carbonyl (C=O) groups excluding carboxylic acids is 1. The average Bonchev–Trinajstić information content (AvgIpc) is 2.98. The van der Waals surface area contributed by atoms with Gasteiger partial charge in [0.25, 0.3) is 10.0 Å². The normalized spacial score (nSPS) is 12.0. The first-order valence-corrected chi connectivity index (χ1v) is 9.87. The molecule has 0 aliphatic heterocycles. The highest BCUT2D eigenvalue weighted by Gasteiger charge is 2.41. The molecule has 0 spiro atoms. The largest absolute Gasteiger partial charge is 0.471 e. The molecule has 1 heterocycles. The number of amides is 1. The molecule has 2 rings (SSSR count). The van der Waals surface area contributed by atoms with E-state index in [9.17, 15) is 26.4 Å². The number of sulfonamides is 1. The third kappa shape index (κ3) is 4.98. The van der Waals surface area contributed by atoms with Crippen molar-refractivity contribution < 1.29 is 26.4 Å². The predicted molar refractivity (Wildman–Crippen MR) is 93.5 cm³/mol. The van der Waals surface area contributed by atoms with E-state index < -0.39 is 22.1 Å². The molecule has 10 heteroatoms. The van der Waals surface area contributed by atoms with Gasteiger partial charge >= 0.3 is 12.1 Å². The van der Waals surface area contributed by atoms with Gasteiger partial charge in [0.15, 0.2) is 0 Å². The van der Waals surface area contributed by atoms with Crippen LogP contribution in [0.1, 0.15) is 17.4 Å². The average molecular weight is 406 g/mol. The number of alkyl halides is 3. The third-order valence-corrected chi connectivity index (χ3v) is 6.32. The smallest absolute Gasteiger partial charge is 0.331 e. The van der Waals surface area contributed by atoms with E-state index in [2.05, 4.69) is 4.72 Å². The zero-order chi connectivity index (χ0) is 19.5. The lowest BCUT2D eigenvalue weighted by molar-refractivity contribution is -0.185. The van der Waals surface area contributed by atoms with E-state index >= 15 is 0 Å². The lowest BCUT2D eigenvalue weighted by Crippen LogP contribution is -2.40. The summed E-state index contributed by atoms with van der Waals surface area (Å²) in [5, 5.41) is 0. The van der Waals surface area contributed by atoms with Crippen molar-refractivity contribution in [2.24, 2.45) is 0 Å². The Labute approximate surface area is 153 Å². The minimum Gasteiger partial charge on any atom is -0.331 e. The quantitative estimate of drug-likeness (QED) is 0.794. The van der Waals surface area contributed by atoms with Gasteiger partial charge in [-0.15, -0.1) is 11.3 Å². The molecule has 0 aliphatic rings. The van der Waals surface area contributed by atoms with Gasteiger partial charge < -0.3 is 4.90 Å². The standard InChI is InChI=1S/C16H17F3N2O3S2/c1-3-21(15(22)16(17,18)19)10-12-5-4-6-13(9-12)20-26(23,24)14-8-7-11(2)25-14/h4-9,20H,3,10H2,1-2H3. The third-order valence-electron chi connectivity index (χ3n) is 3.44. The van der Waals surface area contributed by atoms with Gasteiger partial charge in [-0.1, -0.05) is 12.1 Å². The van der Waals surface area contributed by atoms with E-state index in [1.807, 2.05) is 0 Å². The first-order chi connectivity index (χ1) is 12.0. The second-order valence-corrected chi connectivity index (χ2v) is 8.69. The first kappa shape index (κ1) is 20.2. The van der Waals surface area contributed by atoms with Crippen LogP contribution in [-0.4, -0.2) is 31.9 Å². The Morgan fingerprint density at radius 3 is 2.46 bits per heavy atom. The molecular weight excluding hydrogens is 389 g/mol. The highest BCUT2D eigenvalue weighted by molar-refractivity contribution is 7.94. The van der Waals surface area contributed by atoms with Gasteiger partial charge in [-0.3, -0.25) is 9.52 Å². The van der Waals surface area contributed by atoms with Crippen molar-refractivity contribution >= 4 is 33.0 Å².